The van der Waals surface area contributed by atoms with E-state index in [4.69, 9.17) is 21.1 Å². The smallest absolute Gasteiger partial charge is 0.327 e. The molecule has 2 aromatic rings. The summed E-state index contributed by atoms with van der Waals surface area (Å²) in [5, 5.41) is 3.56. The number of anilines is 1. The van der Waals surface area contributed by atoms with Crippen LogP contribution in [0.25, 0.3) is 0 Å². The Morgan fingerprint density at radius 1 is 1.19 bits per heavy atom. The van der Waals surface area contributed by atoms with Gasteiger partial charge in [-0.1, -0.05) is 36.7 Å². The van der Waals surface area contributed by atoms with Crippen LogP contribution in [-0.4, -0.2) is 66.6 Å². The van der Waals surface area contributed by atoms with Crippen molar-refractivity contribution in [3.63, 3.8) is 0 Å². The van der Waals surface area contributed by atoms with E-state index in [2.05, 4.69) is 43.6 Å². The molecule has 12 heteroatoms. The molecule has 9 nitrogen and oxygen atoms in total. The van der Waals surface area contributed by atoms with E-state index in [0.717, 1.165) is 55.1 Å². The molecule has 47 heavy (non-hydrogen) atoms. The molecule has 2 bridgehead atoms. The summed E-state index contributed by atoms with van der Waals surface area (Å²) in [5.41, 5.74) is 3.64. The first-order valence-electron chi connectivity index (χ1n) is 16.7. The minimum atomic E-state index is -3.42. The third-order valence-corrected chi connectivity index (χ3v) is 13.8. The van der Waals surface area contributed by atoms with Crippen molar-refractivity contribution in [3.05, 3.63) is 70.3 Å². The van der Waals surface area contributed by atoms with Gasteiger partial charge in [-0.05, 0) is 103 Å². The monoisotopic (exact) mass is 698 g/mol. The largest absolute Gasteiger partial charge is 0.490 e. The molecular weight excluding hydrogens is 656 g/mol. The number of fused-ring (bicyclic) bond motifs is 4. The highest BCUT2D eigenvalue weighted by molar-refractivity contribution is 8.00. The fraction of sp³-hybridized carbons (Fsp3) is 0.543. The molecule has 2 aromatic carbocycles. The Bertz CT molecular complexity index is 1710. The molecule has 7 rings (SSSR count). The van der Waals surface area contributed by atoms with Crippen molar-refractivity contribution in [2.45, 2.75) is 62.3 Å². The number of nitrogens with one attached hydrogen (secondary N) is 2. The van der Waals surface area contributed by atoms with E-state index in [0.29, 0.717) is 42.7 Å². The summed E-state index contributed by atoms with van der Waals surface area (Å²) in [6.45, 7) is 3.92. The zero-order valence-corrected chi connectivity index (χ0v) is 29.3. The van der Waals surface area contributed by atoms with Crippen molar-refractivity contribution < 1.29 is 23.3 Å². The van der Waals surface area contributed by atoms with E-state index in [-0.39, 0.29) is 28.6 Å². The van der Waals surface area contributed by atoms with Crippen LogP contribution < -0.4 is 19.7 Å². The molecular formula is C35H43ClN4O5S2. The topological polar surface area (TPSA) is 109 Å². The Morgan fingerprint density at radius 2 is 2.04 bits per heavy atom. The molecule has 6 atom stereocenters. The zero-order valence-electron chi connectivity index (χ0n) is 26.9. The van der Waals surface area contributed by atoms with Crippen LogP contribution in [0.2, 0.25) is 5.02 Å². The molecule has 0 radical (unpaired) electrons. The number of halogens is 1. The molecule has 252 valence electrons. The number of benzene rings is 2. The standard InChI is InChI=1S/C35H43ClN4O5S2/c1-22-4-3-5-31(44-2)28-11-6-25(28)18-40-20-35(29-12-8-26(36)16-23(29)14-15-46-35)21-45-32-13-7-24(17-30(32)40)33(41)38-47(43,19-22)39-34(42)37-27-9-10-27/h3,5,7-8,12-13,16-17,22,25,27-28,31H,4,6,9-11,14-15,18-21H2,1-2H3,(H2,37,38,39,41,42,43)/b5-3+/t22-,25-,28+,31-,35+,47?/m0/s1. The van der Waals surface area contributed by atoms with Gasteiger partial charge >= 0.3 is 6.03 Å². The number of aryl methyl sites for hydroxylation is 1. The van der Waals surface area contributed by atoms with Crippen molar-refractivity contribution in [1.82, 2.24) is 10.0 Å². The van der Waals surface area contributed by atoms with Gasteiger partial charge in [0, 0.05) is 36.8 Å². The normalized spacial score (nSPS) is 32.8. The summed E-state index contributed by atoms with van der Waals surface area (Å²) in [6, 6.07) is 11.1. The Balaban J connectivity index is 1.29. The summed E-state index contributed by atoms with van der Waals surface area (Å²) >= 11 is 8.36. The summed E-state index contributed by atoms with van der Waals surface area (Å²) in [7, 11) is -1.65. The first-order chi connectivity index (χ1) is 22.6. The van der Waals surface area contributed by atoms with Gasteiger partial charge < -0.3 is 19.7 Å². The van der Waals surface area contributed by atoms with E-state index in [9.17, 15) is 13.8 Å². The second-order valence-corrected chi connectivity index (χ2v) is 17.7. The SMILES string of the molecule is CO[C@H]1/C=C/C[C@H](C)CS(=O)(NC(=O)NC2CC2)=NC(=O)c2ccc3c(c2)N(C[C@@H]2CC[C@H]21)C[C@]1(CO3)SCCc2cc(Cl)ccc21. The fourth-order valence-corrected chi connectivity index (χ4v) is 10.9. The number of hydrogen-bond acceptors (Lipinski definition) is 7. The second-order valence-electron chi connectivity index (χ2n) is 13.8. The summed E-state index contributed by atoms with van der Waals surface area (Å²) < 4.78 is 33.3. The molecule has 1 spiro atoms. The zero-order chi connectivity index (χ0) is 32.8. The van der Waals surface area contributed by atoms with E-state index < -0.39 is 21.9 Å². The first-order valence-corrected chi connectivity index (χ1v) is 19.7. The fourth-order valence-electron chi connectivity index (χ4n) is 7.42. The third-order valence-electron chi connectivity index (χ3n) is 10.2. The van der Waals surface area contributed by atoms with Gasteiger partial charge in [0.15, 0.2) is 0 Å². The molecule has 0 saturated heterocycles. The number of rotatable bonds is 3. The van der Waals surface area contributed by atoms with Crippen molar-refractivity contribution >= 4 is 50.9 Å². The number of nitrogens with zero attached hydrogens (tertiary/aromatic N) is 2. The van der Waals surface area contributed by atoms with Gasteiger partial charge in [-0.15, -0.1) is 16.1 Å². The highest BCUT2D eigenvalue weighted by Crippen LogP contribution is 2.49. The van der Waals surface area contributed by atoms with Gasteiger partial charge in [0.05, 0.1) is 22.3 Å². The number of methoxy groups -OCH3 is 1. The molecule has 2 fully saturated rings. The van der Waals surface area contributed by atoms with Crippen molar-refractivity contribution in [3.8, 4) is 5.75 Å². The number of ether oxygens (including phenoxy) is 2. The maximum absolute atomic E-state index is 14.2. The average Bonchev–Trinajstić information content (AvgIpc) is 3.85. The molecule has 3 amide bonds. The van der Waals surface area contributed by atoms with Crippen LogP contribution >= 0.6 is 23.4 Å². The van der Waals surface area contributed by atoms with Gasteiger partial charge in [-0.2, -0.15) is 0 Å². The lowest BCUT2D eigenvalue weighted by atomic mass is 9.70. The third kappa shape index (κ3) is 7.05. The van der Waals surface area contributed by atoms with Gasteiger partial charge in [0.1, 0.15) is 22.3 Å². The van der Waals surface area contributed by atoms with E-state index >= 15 is 0 Å². The predicted molar refractivity (Wildman–Crippen MR) is 188 cm³/mol. The van der Waals surface area contributed by atoms with Crippen molar-refractivity contribution in [2.75, 3.05) is 43.2 Å². The molecule has 2 aliphatic carbocycles. The number of carbonyl (C=O) groups is 2. The molecule has 2 saturated carbocycles. The van der Waals surface area contributed by atoms with E-state index in [1.54, 1.807) is 13.2 Å². The quantitative estimate of drug-likeness (QED) is 0.360. The Hall–Kier alpha value is -2.73. The van der Waals surface area contributed by atoms with Crippen LogP contribution in [0.5, 0.6) is 5.75 Å². The van der Waals surface area contributed by atoms with Gasteiger partial charge in [0.25, 0.3) is 5.91 Å². The Labute approximate surface area is 286 Å². The number of urea groups is 1. The molecule has 1 unspecified atom stereocenters. The molecule has 3 heterocycles. The van der Waals surface area contributed by atoms with Gasteiger partial charge in [-0.3, -0.25) is 9.52 Å². The Kier molecular flexibility index (Phi) is 9.27. The van der Waals surface area contributed by atoms with Crippen LogP contribution in [0.3, 0.4) is 0 Å². The predicted octanol–water partition coefficient (Wildman–Crippen LogP) is 6.35. The highest BCUT2D eigenvalue weighted by atomic mass is 35.5. The van der Waals surface area contributed by atoms with Crippen LogP contribution in [0.1, 0.15) is 60.5 Å². The minimum absolute atomic E-state index is 0.0400. The molecule has 0 aromatic heterocycles. The number of carbonyl (C=O) groups excluding carboxylic acids is 2. The number of amides is 3. The van der Waals surface area contributed by atoms with Crippen molar-refractivity contribution in [2.24, 2.45) is 22.1 Å². The number of thioether (sulfide) groups is 1. The summed E-state index contributed by atoms with van der Waals surface area (Å²) in [6.07, 6.45) is 9.70. The maximum atomic E-state index is 14.2. The maximum Gasteiger partial charge on any atom is 0.327 e. The van der Waals surface area contributed by atoms with Gasteiger partial charge in [-0.25, -0.2) is 9.00 Å². The van der Waals surface area contributed by atoms with Crippen LogP contribution in [0, 0.1) is 17.8 Å². The van der Waals surface area contributed by atoms with Crippen molar-refractivity contribution in [1.29, 1.82) is 0 Å². The van der Waals surface area contributed by atoms with Crippen LogP contribution in [-0.2, 0) is 25.8 Å². The average molecular weight is 699 g/mol. The second kappa shape index (κ2) is 13.3. The molecule has 2 N–H and O–H groups in total. The van der Waals surface area contributed by atoms with Crippen LogP contribution in [0.15, 0.2) is 52.9 Å². The summed E-state index contributed by atoms with van der Waals surface area (Å²) in [4.78, 5) is 28.9. The highest BCUT2D eigenvalue weighted by Gasteiger charge is 2.45. The summed E-state index contributed by atoms with van der Waals surface area (Å²) in [5.74, 6) is 1.74. The number of hydrogen-bond donors (Lipinski definition) is 2. The lowest BCUT2D eigenvalue weighted by molar-refractivity contribution is 0.0134. The lowest BCUT2D eigenvalue weighted by Gasteiger charge is -2.45. The Morgan fingerprint density at radius 3 is 2.81 bits per heavy atom. The lowest BCUT2D eigenvalue weighted by Crippen LogP contribution is -2.48. The molecule has 5 aliphatic rings. The van der Waals surface area contributed by atoms with Crippen LogP contribution in [0.4, 0.5) is 10.5 Å². The van der Waals surface area contributed by atoms with E-state index in [1.807, 2.05) is 36.9 Å². The first kappa shape index (κ1) is 32.8. The number of allylic oxidation sites excluding steroid dienone is 1. The minimum Gasteiger partial charge on any atom is -0.490 e. The van der Waals surface area contributed by atoms with Gasteiger partial charge in [0.2, 0.25) is 0 Å². The van der Waals surface area contributed by atoms with E-state index in [1.165, 1.54) is 11.1 Å². The molecule has 3 aliphatic heterocycles.